The molecule has 5 nitrogen and oxygen atoms in total. The van der Waals surface area contributed by atoms with Gasteiger partial charge in [-0.2, -0.15) is 0 Å². The fraction of sp³-hybridized carbons (Fsp3) is 0.0909. The van der Waals surface area contributed by atoms with Crippen LogP contribution in [0.25, 0.3) is 11.0 Å². The van der Waals surface area contributed by atoms with Crippen molar-refractivity contribution >= 4 is 28.5 Å². The summed E-state index contributed by atoms with van der Waals surface area (Å²) in [6, 6.07) is 5.63. The van der Waals surface area contributed by atoms with E-state index in [0.717, 1.165) is 6.07 Å². The fourth-order valence-electron chi connectivity index (χ4n) is 1.36. The molecule has 17 heavy (non-hydrogen) atoms. The highest BCUT2D eigenvalue weighted by Gasteiger charge is 2.07. The average molecular weight is 254 g/mol. The molecule has 0 radical (unpaired) electrons. The summed E-state index contributed by atoms with van der Waals surface area (Å²) < 4.78 is 9.84. The van der Waals surface area contributed by atoms with Crippen molar-refractivity contribution in [3.8, 4) is 5.75 Å². The van der Waals surface area contributed by atoms with Gasteiger partial charge in [-0.15, -0.1) is 0 Å². The average Bonchev–Trinajstić information content (AvgIpc) is 2.26. The van der Waals surface area contributed by atoms with Gasteiger partial charge in [0.15, 0.2) is 0 Å². The lowest BCUT2D eigenvalue weighted by Crippen LogP contribution is -2.29. The molecule has 0 saturated heterocycles. The molecule has 0 bridgehead atoms. The second-order valence-corrected chi connectivity index (χ2v) is 3.67. The SMILES string of the molecule is O=C([O-])COc1cc(=O)oc2ccc(Cl)cc12. The Labute approximate surface area is 100 Å². The molecule has 0 spiro atoms. The summed E-state index contributed by atoms with van der Waals surface area (Å²) in [5.74, 6) is -1.28. The number of carbonyl (C=O) groups excluding carboxylic acids is 1. The predicted molar refractivity (Wildman–Crippen MR) is 58.0 cm³/mol. The Kier molecular flexibility index (Phi) is 3.01. The molecular weight excluding hydrogens is 248 g/mol. The van der Waals surface area contributed by atoms with Gasteiger partial charge in [-0.3, -0.25) is 0 Å². The second kappa shape index (κ2) is 4.47. The molecule has 1 aromatic heterocycles. The van der Waals surface area contributed by atoms with Crippen LogP contribution in [0.1, 0.15) is 0 Å². The minimum atomic E-state index is -1.38. The summed E-state index contributed by atoms with van der Waals surface area (Å²) in [4.78, 5) is 21.5. The Balaban J connectivity index is 2.55. The third-order valence-electron chi connectivity index (χ3n) is 2.01. The molecule has 0 unspecified atom stereocenters. The first-order valence-corrected chi connectivity index (χ1v) is 5.00. The standard InChI is InChI=1S/C11H7ClO5/c12-6-1-2-8-7(3-6)9(4-11(15)17-8)16-5-10(13)14/h1-4H,5H2,(H,13,14)/p-1. The zero-order chi connectivity index (χ0) is 12.4. The first kappa shape index (κ1) is 11.5. The molecule has 0 aliphatic heterocycles. The second-order valence-electron chi connectivity index (χ2n) is 3.23. The number of rotatable bonds is 3. The molecule has 0 aliphatic carbocycles. The number of fused-ring (bicyclic) bond motifs is 1. The number of benzene rings is 1. The van der Waals surface area contributed by atoms with E-state index in [4.69, 9.17) is 20.8 Å². The zero-order valence-electron chi connectivity index (χ0n) is 8.44. The molecular formula is C11H6ClO5-. The molecule has 0 atom stereocenters. The van der Waals surface area contributed by atoms with Gasteiger partial charge < -0.3 is 19.1 Å². The number of carbonyl (C=O) groups is 1. The van der Waals surface area contributed by atoms with Crippen LogP contribution in [0, 0.1) is 0 Å². The molecule has 0 amide bonds. The third-order valence-corrected chi connectivity index (χ3v) is 2.25. The summed E-state index contributed by atoms with van der Waals surface area (Å²) in [5, 5.41) is 11.1. The molecule has 0 saturated carbocycles. The zero-order valence-corrected chi connectivity index (χ0v) is 9.19. The molecule has 6 heteroatoms. The molecule has 0 aliphatic rings. The smallest absolute Gasteiger partial charge is 0.339 e. The normalized spacial score (nSPS) is 10.4. The van der Waals surface area contributed by atoms with E-state index in [9.17, 15) is 14.7 Å². The van der Waals surface area contributed by atoms with E-state index < -0.39 is 18.2 Å². The van der Waals surface area contributed by atoms with Crippen molar-refractivity contribution in [3.63, 3.8) is 0 Å². The highest BCUT2D eigenvalue weighted by Crippen LogP contribution is 2.26. The number of carboxylic acid groups (broad SMARTS) is 1. The maximum absolute atomic E-state index is 11.2. The fourth-order valence-corrected chi connectivity index (χ4v) is 1.53. The molecule has 0 N–H and O–H groups in total. The minimum absolute atomic E-state index is 0.1000. The number of hydrogen-bond acceptors (Lipinski definition) is 5. The summed E-state index contributed by atoms with van der Waals surface area (Å²) in [6.07, 6.45) is 0. The van der Waals surface area contributed by atoms with Crippen molar-refractivity contribution in [2.45, 2.75) is 0 Å². The predicted octanol–water partition coefficient (Wildman–Crippen LogP) is 0.575. The van der Waals surface area contributed by atoms with Gasteiger partial charge in [0, 0.05) is 5.02 Å². The summed E-state index contributed by atoms with van der Waals surface area (Å²) in [7, 11) is 0. The van der Waals surface area contributed by atoms with Crippen LogP contribution in [0.15, 0.2) is 33.5 Å². The summed E-state index contributed by atoms with van der Waals surface area (Å²) >= 11 is 5.79. The van der Waals surface area contributed by atoms with Gasteiger partial charge in [0.25, 0.3) is 0 Å². The van der Waals surface area contributed by atoms with Crippen LogP contribution in [0.3, 0.4) is 0 Å². The Bertz CT molecular complexity index is 631. The van der Waals surface area contributed by atoms with Crippen molar-refractivity contribution in [2.75, 3.05) is 6.61 Å². The Morgan fingerprint density at radius 2 is 2.18 bits per heavy atom. The lowest BCUT2D eigenvalue weighted by Gasteiger charge is -2.08. The molecule has 2 aromatic rings. The van der Waals surface area contributed by atoms with E-state index in [1.165, 1.54) is 12.1 Å². The maximum atomic E-state index is 11.2. The topological polar surface area (TPSA) is 79.6 Å². The monoisotopic (exact) mass is 253 g/mol. The molecule has 88 valence electrons. The van der Waals surface area contributed by atoms with Crippen molar-refractivity contribution in [1.82, 2.24) is 0 Å². The lowest BCUT2D eigenvalue weighted by molar-refractivity contribution is -0.307. The van der Waals surface area contributed by atoms with E-state index in [2.05, 4.69) is 0 Å². The third kappa shape index (κ3) is 2.57. The first-order valence-electron chi connectivity index (χ1n) is 4.62. The van der Waals surface area contributed by atoms with E-state index >= 15 is 0 Å². The van der Waals surface area contributed by atoms with Crippen LogP contribution in [0.4, 0.5) is 0 Å². The highest BCUT2D eigenvalue weighted by molar-refractivity contribution is 6.31. The van der Waals surface area contributed by atoms with Gasteiger partial charge in [0.05, 0.1) is 17.4 Å². The van der Waals surface area contributed by atoms with Crippen LogP contribution in [0.5, 0.6) is 5.75 Å². The van der Waals surface area contributed by atoms with Gasteiger partial charge in [0.2, 0.25) is 0 Å². The van der Waals surface area contributed by atoms with E-state index in [1.807, 2.05) is 0 Å². The Morgan fingerprint density at radius 1 is 1.41 bits per heavy atom. The summed E-state index contributed by atoms with van der Waals surface area (Å²) in [5.41, 5.74) is -0.358. The van der Waals surface area contributed by atoms with Crippen LogP contribution in [-0.4, -0.2) is 12.6 Å². The number of carboxylic acids is 1. The van der Waals surface area contributed by atoms with E-state index in [-0.39, 0.29) is 11.3 Å². The molecule has 1 aromatic carbocycles. The summed E-state index contributed by atoms with van der Waals surface area (Å²) in [6.45, 7) is -0.648. The largest absolute Gasteiger partial charge is 0.546 e. The van der Waals surface area contributed by atoms with Crippen LogP contribution in [0.2, 0.25) is 5.02 Å². The Morgan fingerprint density at radius 3 is 2.88 bits per heavy atom. The Hall–Kier alpha value is -2.01. The van der Waals surface area contributed by atoms with Crippen LogP contribution in [-0.2, 0) is 4.79 Å². The first-order chi connectivity index (χ1) is 8.06. The van der Waals surface area contributed by atoms with Crippen LogP contribution >= 0.6 is 11.6 Å². The van der Waals surface area contributed by atoms with Gasteiger partial charge in [-0.1, -0.05) is 11.6 Å². The number of hydrogen-bond donors (Lipinski definition) is 0. The van der Waals surface area contributed by atoms with Gasteiger partial charge >= 0.3 is 5.63 Å². The van der Waals surface area contributed by atoms with E-state index in [0.29, 0.717) is 10.4 Å². The van der Waals surface area contributed by atoms with Gasteiger partial charge in [0.1, 0.15) is 17.9 Å². The van der Waals surface area contributed by atoms with Gasteiger partial charge in [-0.05, 0) is 18.2 Å². The molecule has 0 fully saturated rings. The highest BCUT2D eigenvalue weighted by atomic mass is 35.5. The molecule has 2 rings (SSSR count). The van der Waals surface area contributed by atoms with Crippen molar-refractivity contribution in [3.05, 3.63) is 39.7 Å². The number of halogens is 1. The number of ether oxygens (including phenoxy) is 1. The minimum Gasteiger partial charge on any atom is -0.546 e. The van der Waals surface area contributed by atoms with Crippen molar-refractivity contribution in [2.24, 2.45) is 0 Å². The number of aliphatic carboxylic acids is 1. The quantitative estimate of drug-likeness (QED) is 0.748. The molecule has 1 heterocycles. The van der Waals surface area contributed by atoms with Crippen molar-refractivity contribution < 1.29 is 19.1 Å². The van der Waals surface area contributed by atoms with Gasteiger partial charge in [-0.25, -0.2) is 4.79 Å². The maximum Gasteiger partial charge on any atom is 0.339 e. The van der Waals surface area contributed by atoms with Crippen molar-refractivity contribution in [1.29, 1.82) is 0 Å². The lowest BCUT2D eigenvalue weighted by atomic mass is 10.2. The van der Waals surface area contributed by atoms with Crippen LogP contribution < -0.4 is 15.5 Å². The van der Waals surface area contributed by atoms with E-state index in [1.54, 1.807) is 6.07 Å².